The van der Waals surface area contributed by atoms with Crippen molar-refractivity contribution in [1.82, 2.24) is 5.32 Å². The molecular formula is C21H23NO3. The van der Waals surface area contributed by atoms with E-state index in [1.54, 1.807) is 0 Å². The standard InChI is InChI=1S/C21H23NO3/c1-2-24-19-13-6-7-14-20(19)25-17-9-15-21(23)22-16-8-12-18-10-4-3-5-11-18/h3-7,10-11,13-14H,2,9,15-17H2,1H3,(H,22,23). The van der Waals surface area contributed by atoms with Gasteiger partial charge in [-0.15, -0.1) is 0 Å². The van der Waals surface area contributed by atoms with Crippen molar-refractivity contribution in [2.75, 3.05) is 19.8 Å². The first-order chi connectivity index (χ1) is 12.3. The molecule has 0 saturated heterocycles. The lowest BCUT2D eigenvalue weighted by Crippen LogP contribution is -2.23. The molecule has 0 unspecified atom stereocenters. The molecule has 0 aliphatic heterocycles. The van der Waals surface area contributed by atoms with Gasteiger partial charge in [0.2, 0.25) is 5.91 Å². The fraction of sp³-hybridized carbons (Fsp3) is 0.286. The Bertz CT molecular complexity index is 717. The molecule has 0 fully saturated rings. The molecule has 25 heavy (non-hydrogen) atoms. The Kier molecular flexibility index (Phi) is 7.93. The van der Waals surface area contributed by atoms with Gasteiger partial charge in [0.25, 0.3) is 0 Å². The third-order valence-electron chi connectivity index (χ3n) is 3.34. The fourth-order valence-electron chi connectivity index (χ4n) is 2.16. The highest BCUT2D eigenvalue weighted by atomic mass is 16.5. The molecule has 130 valence electrons. The molecule has 2 rings (SSSR count). The van der Waals surface area contributed by atoms with Crippen molar-refractivity contribution in [2.45, 2.75) is 19.8 Å². The Morgan fingerprint density at radius 3 is 2.40 bits per heavy atom. The lowest BCUT2D eigenvalue weighted by atomic mass is 10.2. The van der Waals surface area contributed by atoms with Crippen molar-refractivity contribution in [3.8, 4) is 23.3 Å². The number of benzene rings is 2. The number of ether oxygens (including phenoxy) is 2. The van der Waals surface area contributed by atoms with Crippen LogP contribution in [0.3, 0.4) is 0 Å². The third-order valence-corrected chi connectivity index (χ3v) is 3.34. The van der Waals surface area contributed by atoms with Crippen LogP contribution in [0.25, 0.3) is 0 Å². The van der Waals surface area contributed by atoms with Crippen molar-refractivity contribution >= 4 is 5.91 Å². The van der Waals surface area contributed by atoms with Gasteiger partial charge >= 0.3 is 0 Å². The maximum atomic E-state index is 11.8. The highest BCUT2D eigenvalue weighted by molar-refractivity contribution is 5.76. The van der Waals surface area contributed by atoms with Gasteiger partial charge in [0.05, 0.1) is 19.8 Å². The predicted octanol–water partition coefficient (Wildman–Crippen LogP) is 3.41. The molecule has 0 aliphatic rings. The van der Waals surface area contributed by atoms with E-state index in [-0.39, 0.29) is 5.91 Å². The Morgan fingerprint density at radius 1 is 1.00 bits per heavy atom. The number of amides is 1. The smallest absolute Gasteiger partial charge is 0.220 e. The fourth-order valence-corrected chi connectivity index (χ4v) is 2.16. The lowest BCUT2D eigenvalue weighted by molar-refractivity contribution is -0.121. The van der Waals surface area contributed by atoms with E-state index in [4.69, 9.17) is 9.47 Å². The van der Waals surface area contributed by atoms with Crippen LogP contribution in [0.15, 0.2) is 54.6 Å². The Labute approximate surface area is 149 Å². The third kappa shape index (κ3) is 7.01. The highest BCUT2D eigenvalue weighted by Gasteiger charge is 2.04. The number of rotatable bonds is 8. The number of carbonyl (C=O) groups is 1. The average Bonchev–Trinajstić information content (AvgIpc) is 2.65. The van der Waals surface area contributed by atoms with Gasteiger partial charge in [0, 0.05) is 12.0 Å². The molecule has 0 aromatic heterocycles. The van der Waals surface area contributed by atoms with Crippen LogP contribution < -0.4 is 14.8 Å². The maximum Gasteiger partial charge on any atom is 0.220 e. The van der Waals surface area contributed by atoms with Crippen molar-refractivity contribution in [1.29, 1.82) is 0 Å². The zero-order valence-corrected chi connectivity index (χ0v) is 14.5. The van der Waals surface area contributed by atoms with E-state index in [0.717, 1.165) is 11.3 Å². The summed E-state index contributed by atoms with van der Waals surface area (Å²) in [6.45, 7) is 3.34. The van der Waals surface area contributed by atoms with Gasteiger partial charge in [0.1, 0.15) is 0 Å². The molecule has 0 atom stereocenters. The first kappa shape index (κ1) is 18.4. The number of hydrogen-bond donors (Lipinski definition) is 1. The van der Waals surface area contributed by atoms with Crippen molar-refractivity contribution in [3.05, 3.63) is 60.2 Å². The minimum absolute atomic E-state index is 0.0240. The SMILES string of the molecule is CCOc1ccccc1OCCCC(=O)NCC#Cc1ccccc1. The number of nitrogens with one attached hydrogen (secondary N) is 1. The monoisotopic (exact) mass is 337 g/mol. The molecule has 0 spiro atoms. The molecule has 2 aromatic rings. The van der Waals surface area contributed by atoms with Crippen LogP contribution in [-0.2, 0) is 4.79 Å². The molecule has 0 heterocycles. The van der Waals surface area contributed by atoms with Gasteiger partial charge in [-0.3, -0.25) is 4.79 Å². The van der Waals surface area contributed by atoms with Crippen LogP contribution >= 0.6 is 0 Å². The van der Waals surface area contributed by atoms with Crippen LogP contribution in [0.2, 0.25) is 0 Å². The van der Waals surface area contributed by atoms with E-state index in [0.29, 0.717) is 38.3 Å². The van der Waals surface area contributed by atoms with Crippen LogP contribution in [0, 0.1) is 11.8 Å². The molecule has 1 N–H and O–H groups in total. The van der Waals surface area contributed by atoms with E-state index in [1.165, 1.54) is 0 Å². The Hall–Kier alpha value is -2.93. The van der Waals surface area contributed by atoms with Crippen molar-refractivity contribution < 1.29 is 14.3 Å². The quantitative estimate of drug-likeness (QED) is 0.593. The van der Waals surface area contributed by atoms with Gasteiger partial charge < -0.3 is 14.8 Å². The molecular weight excluding hydrogens is 314 g/mol. The number of carbonyl (C=O) groups excluding carboxylic acids is 1. The summed E-state index contributed by atoms with van der Waals surface area (Å²) in [6, 6.07) is 17.2. The number of para-hydroxylation sites is 2. The van der Waals surface area contributed by atoms with Crippen LogP contribution in [0.1, 0.15) is 25.3 Å². The molecule has 2 aromatic carbocycles. The maximum absolute atomic E-state index is 11.8. The summed E-state index contributed by atoms with van der Waals surface area (Å²) < 4.78 is 11.2. The largest absolute Gasteiger partial charge is 0.490 e. The summed E-state index contributed by atoms with van der Waals surface area (Å²) in [4.78, 5) is 11.8. The topological polar surface area (TPSA) is 47.6 Å². The Balaban J connectivity index is 1.64. The second-order valence-electron chi connectivity index (χ2n) is 5.28. The summed E-state index contributed by atoms with van der Waals surface area (Å²) in [7, 11) is 0. The first-order valence-corrected chi connectivity index (χ1v) is 8.45. The van der Waals surface area contributed by atoms with Crippen LogP contribution in [0.4, 0.5) is 0 Å². The van der Waals surface area contributed by atoms with Gasteiger partial charge in [-0.05, 0) is 37.6 Å². The van der Waals surface area contributed by atoms with Gasteiger partial charge in [-0.1, -0.05) is 42.2 Å². The normalized spacial score (nSPS) is 9.64. The summed E-state index contributed by atoms with van der Waals surface area (Å²) in [5.41, 5.74) is 0.943. The van der Waals surface area contributed by atoms with Crippen molar-refractivity contribution in [3.63, 3.8) is 0 Å². The predicted molar refractivity (Wildman–Crippen MR) is 98.7 cm³/mol. The van der Waals surface area contributed by atoms with Crippen molar-refractivity contribution in [2.24, 2.45) is 0 Å². The number of hydrogen-bond acceptors (Lipinski definition) is 3. The lowest BCUT2D eigenvalue weighted by Gasteiger charge is -2.11. The molecule has 0 bridgehead atoms. The molecule has 1 amide bonds. The zero-order valence-electron chi connectivity index (χ0n) is 14.5. The van der Waals surface area contributed by atoms with E-state index < -0.39 is 0 Å². The second kappa shape index (κ2) is 10.8. The summed E-state index contributed by atoms with van der Waals surface area (Å²) in [6.07, 6.45) is 1.04. The second-order valence-corrected chi connectivity index (χ2v) is 5.28. The molecule has 4 heteroatoms. The van der Waals surface area contributed by atoms with Crippen LogP contribution in [-0.4, -0.2) is 25.7 Å². The highest BCUT2D eigenvalue weighted by Crippen LogP contribution is 2.26. The Morgan fingerprint density at radius 2 is 1.68 bits per heavy atom. The summed E-state index contributed by atoms with van der Waals surface area (Å²) in [5.74, 6) is 7.35. The van der Waals surface area contributed by atoms with E-state index in [2.05, 4.69) is 17.2 Å². The first-order valence-electron chi connectivity index (χ1n) is 8.45. The molecule has 0 saturated carbocycles. The van der Waals surface area contributed by atoms with Crippen LogP contribution in [0.5, 0.6) is 11.5 Å². The molecule has 0 aliphatic carbocycles. The molecule has 0 radical (unpaired) electrons. The zero-order chi connectivity index (χ0) is 17.7. The molecule has 4 nitrogen and oxygen atoms in total. The van der Waals surface area contributed by atoms with E-state index >= 15 is 0 Å². The van der Waals surface area contributed by atoms with Gasteiger partial charge in [-0.2, -0.15) is 0 Å². The minimum atomic E-state index is -0.0240. The van der Waals surface area contributed by atoms with Gasteiger partial charge in [-0.25, -0.2) is 0 Å². The van der Waals surface area contributed by atoms with Gasteiger partial charge in [0.15, 0.2) is 11.5 Å². The summed E-state index contributed by atoms with van der Waals surface area (Å²) >= 11 is 0. The minimum Gasteiger partial charge on any atom is -0.490 e. The van der Waals surface area contributed by atoms with E-state index in [1.807, 2.05) is 61.5 Å². The van der Waals surface area contributed by atoms with E-state index in [9.17, 15) is 4.79 Å². The average molecular weight is 337 g/mol. The summed E-state index contributed by atoms with van der Waals surface area (Å²) in [5, 5.41) is 2.79.